The molecule has 0 atom stereocenters. The van der Waals surface area contributed by atoms with Crippen LogP contribution in [0.15, 0.2) is 54.7 Å². The second-order valence-electron chi connectivity index (χ2n) is 4.65. The van der Waals surface area contributed by atoms with E-state index in [9.17, 15) is 0 Å². The second kappa shape index (κ2) is 6.93. The molecule has 7 heteroatoms. The monoisotopic (exact) mass is 327 g/mol. The molecule has 1 aromatic heterocycles. The molecule has 0 fully saturated rings. The van der Waals surface area contributed by atoms with Crippen molar-refractivity contribution in [3.63, 3.8) is 0 Å². The highest BCUT2D eigenvalue weighted by Crippen LogP contribution is 2.21. The fourth-order valence-corrected chi connectivity index (χ4v) is 2.05. The summed E-state index contributed by atoms with van der Waals surface area (Å²) < 4.78 is 5.19. The first-order valence-electron chi connectivity index (χ1n) is 6.86. The fraction of sp³-hybridized carbons (Fsp3) is 0.0625. The van der Waals surface area contributed by atoms with Crippen molar-refractivity contribution < 1.29 is 4.74 Å². The van der Waals surface area contributed by atoms with Crippen molar-refractivity contribution in [3.8, 4) is 5.75 Å². The van der Waals surface area contributed by atoms with Crippen molar-refractivity contribution in [1.29, 1.82) is 0 Å². The number of hydrogen-bond acceptors (Lipinski definition) is 6. The molecule has 2 aromatic carbocycles. The summed E-state index contributed by atoms with van der Waals surface area (Å²) in [6.07, 6.45) is 1.55. The average molecular weight is 328 g/mol. The third kappa shape index (κ3) is 4.08. The number of rotatable bonds is 5. The minimum absolute atomic E-state index is 0.389. The van der Waals surface area contributed by atoms with E-state index in [-0.39, 0.29) is 0 Å². The standard InChI is InChI=1S/C16H14ClN5O/c1-23-14-4-2-3-13(9-14)19-15-10-18-22-16(21-15)20-12-7-5-11(17)6-8-12/h2-10H,1H3,(H2,19,20,21,22). The third-order valence-corrected chi connectivity index (χ3v) is 3.25. The Morgan fingerprint density at radius 2 is 1.83 bits per heavy atom. The van der Waals surface area contributed by atoms with Crippen molar-refractivity contribution in [1.82, 2.24) is 15.2 Å². The van der Waals surface area contributed by atoms with Gasteiger partial charge in [-0.3, -0.25) is 0 Å². The molecule has 1 heterocycles. The van der Waals surface area contributed by atoms with Gasteiger partial charge in [0, 0.05) is 22.5 Å². The molecule has 0 saturated heterocycles. The van der Waals surface area contributed by atoms with Crippen LogP contribution in [0.2, 0.25) is 5.02 Å². The first kappa shape index (κ1) is 15.1. The van der Waals surface area contributed by atoms with Gasteiger partial charge in [0.25, 0.3) is 0 Å². The second-order valence-corrected chi connectivity index (χ2v) is 5.09. The van der Waals surface area contributed by atoms with E-state index in [1.165, 1.54) is 0 Å². The number of nitrogens with zero attached hydrogens (tertiary/aromatic N) is 3. The molecule has 0 aliphatic carbocycles. The van der Waals surface area contributed by atoms with Gasteiger partial charge in [0.1, 0.15) is 5.75 Å². The average Bonchev–Trinajstić information content (AvgIpc) is 2.57. The van der Waals surface area contributed by atoms with E-state index in [1.807, 2.05) is 36.4 Å². The van der Waals surface area contributed by atoms with E-state index in [0.717, 1.165) is 17.1 Å². The summed E-state index contributed by atoms with van der Waals surface area (Å²) in [5.41, 5.74) is 1.68. The van der Waals surface area contributed by atoms with E-state index in [2.05, 4.69) is 25.8 Å². The lowest BCUT2D eigenvalue weighted by Crippen LogP contribution is -2.02. The number of ether oxygens (including phenoxy) is 1. The Hall–Kier alpha value is -2.86. The Kier molecular flexibility index (Phi) is 4.54. The summed E-state index contributed by atoms with van der Waals surface area (Å²) in [6.45, 7) is 0. The van der Waals surface area contributed by atoms with Gasteiger partial charge in [-0.25, -0.2) is 0 Å². The van der Waals surface area contributed by atoms with E-state index in [1.54, 1.807) is 25.4 Å². The predicted octanol–water partition coefficient (Wildman–Crippen LogP) is 4.02. The number of nitrogens with one attached hydrogen (secondary N) is 2. The summed E-state index contributed by atoms with van der Waals surface area (Å²) in [4.78, 5) is 4.37. The molecule has 0 amide bonds. The lowest BCUT2D eigenvalue weighted by atomic mass is 10.3. The first-order valence-corrected chi connectivity index (χ1v) is 7.24. The van der Waals surface area contributed by atoms with Gasteiger partial charge in [-0.05, 0) is 36.4 Å². The molecule has 0 aliphatic heterocycles. The molecule has 0 saturated carbocycles. The Morgan fingerprint density at radius 3 is 2.61 bits per heavy atom. The van der Waals surface area contributed by atoms with E-state index in [0.29, 0.717) is 16.8 Å². The zero-order valence-electron chi connectivity index (χ0n) is 12.3. The van der Waals surface area contributed by atoms with Crippen LogP contribution in [0.4, 0.5) is 23.1 Å². The van der Waals surface area contributed by atoms with Gasteiger partial charge in [0.2, 0.25) is 5.95 Å². The van der Waals surface area contributed by atoms with Crippen molar-refractivity contribution >= 4 is 34.7 Å². The minimum Gasteiger partial charge on any atom is -0.497 e. The maximum Gasteiger partial charge on any atom is 0.249 e. The first-order chi connectivity index (χ1) is 11.2. The SMILES string of the molecule is COc1cccc(Nc2cnnc(Nc3ccc(Cl)cc3)n2)c1. The van der Waals surface area contributed by atoms with Crippen molar-refractivity contribution in [2.45, 2.75) is 0 Å². The molecule has 0 radical (unpaired) electrons. The number of anilines is 4. The van der Waals surface area contributed by atoms with Crippen LogP contribution in [-0.4, -0.2) is 22.3 Å². The molecule has 0 aliphatic rings. The normalized spacial score (nSPS) is 10.2. The molecular formula is C16H14ClN5O. The summed E-state index contributed by atoms with van der Waals surface area (Å²) in [5, 5.41) is 14.8. The molecule has 116 valence electrons. The summed E-state index contributed by atoms with van der Waals surface area (Å²) >= 11 is 5.86. The number of methoxy groups -OCH3 is 1. The van der Waals surface area contributed by atoms with Gasteiger partial charge in [-0.1, -0.05) is 17.7 Å². The topological polar surface area (TPSA) is 72.0 Å². The van der Waals surface area contributed by atoms with Crippen LogP contribution in [-0.2, 0) is 0 Å². The molecule has 0 unspecified atom stereocenters. The highest BCUT2D eigenvalue weighted by atomic mass is 35.5. The highest BCUT2D eigenvalue weighted by Gasteiger charge is 2.03. The molecule has 2 N–H and O–H groups in total. The zero-order valence-corrected chi connectivity index (χ0v) is 13.1. The minimum atomic E-state index is 0.389. The van der Waals surface area contributed by atoms with Crippen LogP contribution < -0.4 is 15.4 Å². The Balaban J connectivity index is 1.75. The molecule has 3 aromatic rings. The third-order valence-electron chi connectivity index (χ3n) is 3.00. The van der Waals surface area contributed by atoms with Crippen LogP contribution in [0, 0.1) is 0 Å². The molecule has 3 rings (SSSR count). The molecule has 6 nitrogen and oxygen atoms in total. The largest absolute Gasteiger partial charge is 0.497 e. The molecule has 0 bridgehead atoms. The summed E-state index contributed by atoms with van der Waals surface area (Å²) in [6, 6.07) is 14.8. The maximum atomic E-state index is 5.86. The quantitative estimate of drug-likeness (QED) is 0.737. The van der Waals surface area contributed by atoms with Crippen molar-refractivity contribution in [2.24, 2.45) is 0 Å². The van der Waals surface area contributed by atoms with E-state index in [4.69, 9.17) is 16.3 Å². The lowest BCUT2D eigenvalue weighted by Gasteiger charge is -2.08. The van der Waals surface area contributed by atoms with Crippen LogP contribution in [0.3, 0.4) is 0 Å². The zero-order chi connectivity index (χ0) is 16.1. The number of halogens is 1. The van der Waals surface area contributed by atoms with Gasteiger partial charge >= 0.3 is 0 Å². The van der Waals surface area contributed by atoms with Gasteiger partial charge in [0.15, 0.2) is 5.82 Å². The Morgan fingerprint density at radius 1 is 1.00 bits per heavy atom. The van der Waals surface area contributed by atoms with Gasteiger partial charge in [-0.15, -0.1) is 5.10 Å². The predicted molar refractivity (Wildman–Crippen MR) is 90.8 cm³/mol. The van der Waals surface area contributed by atoms with Crippen LogP contribution in [0.5, 0.6) is 5.75 Å². The maximum absolute atomic E-state index is 5.86. The van der Waals surface area contributed by atoms with Gasteiger partial charge in [0.05, 0.1) is 13.3 Å². The van der Waals surface area contributed by atoms with Gasteiger partial charge in [-0.2, -0.15) is 10.1 Å². The van der Waals surface area contributed by atoms with Crippen molar-refractivity contribution in [3.05, 3.63) is 59.8 Å². The number of benzene rings is 2. The van der Waals surface area contributed by atoms with Gasteiger partial charge < -0.3 is 15.4 Å². The smallest absolute Gasteiger partial charge is 0.249 e. The highest BCUT2D eigenvalue weighted by molar-refractivity contribution is 6.30. The Bertz CT molecular complexity index is 794. The number of hydrogen-bond donors (Lipinski definition) is 2. The van der Waals surface area contributed by atoms with Crippen LogP contribution in [0.25, 0.3) is 0 Å². The van der Waals surface area contributed by atoms with E-state index < -0.39 is 0 Å². The van der Waals surface area contributed by atoms with Crippen LogP contribution in [0.1, 0.15) is 0 Å². The Labute approximate surface area is 138 Å². The summed E-state index contributed by atoms with van der Waals surface area (Å²) in [7, 11) is 1.62. The van der Waals surface area contributed by atoms with Crippen molar-refractivity contribution in [2.75, 3.05) is 17.7 Å². The van der Waals surface area contributed by atoms with Crippen LogP contribution >= 0.6 is 11.6 Å². The molecular weight excluding hydrogens is 314 g/mol. The fourth-order valence-electron chi connectivity index (χ4n) is 1.93. The number of aromatic nitrogens is 3. The van der Waals surface area contributed by atoms with E-state index >= 15 is 0 Å². The lowest BCUT2D eigenvalue weighted by molar-refractivity contribution is 0.415. The molecule has 0 spiro atoms. The molecule has 23 heavy (non-hydrogen) atoms. The summed E-state index contributed by atoms with van der Waals surface area (Å²) in [5.74, 6) is 1.72.